The lowest BCUT2D eigenvalue weighted by atomic mass is 9.90. The largest absolute Gasteiger partial charge is 0.444 e. The highest BCUT2D eigenvalue weighted by molar-refractivity contribution is 6.04. The number of likely N-dealkylation sites (tertiary alicyclic amines) is 1. The first kappa shape index (κ1) is 22.2. The Morgan fingerprint density at radius 2 is 1.93 bits per heavy atom. The molecule has 2 rings (SSSR count). The molecule has 1 aromatic carbocycles. The summed E-state index contributed by atoms with van der Waals surface area (Å²) in [6.45, 7) is 7.11. The van der Waals surface area contributed by atoms with Gasteiger partial charge in [0, 0.05) is 6.54 Å². The van der Waals surface area contributed by atoms with E-state index < -0.39 is 29.2 Å². The standard InChI is InChI=1S/C20H28N4O5/c1-19(2,3)29-18(27)23-20(4)11-8-12-24(15(20)25)16(21)22-17(26)28-13-14-9-6-5-7-10-14/h5-7,9-10H,8,11-13H2,1-4H3,(H,23,27)(H2,21,22,26). The molecule has 0 spiro atoms. The van der Waals surface area contributed by atoms with Crippen LogP contribution in [-0.4, -0.2) is 46.6 Å². The number of benzene rings is 1. The fourth-order valence-electron chi connectivity index (χ4n) is 2.87. The number of nitrogens with zero attached hydrogens (tertiary/aromatic N) is 2. The van der Waals surface area contributed by atoms with Crippen LogP contribution in [0.15, 0.2) is 35.3 Å². The predicted octanol–water partition coefficient (Wildman–Crippen LogP) is 2.54. The number of carbonyl (C=O) groups is 3. The number of alkyl carbamates (subject to hydrolysis) is 1. The Balaban J connectivity index is 2.01. The molecule has 9 heteroatoms. The van der Waals surface area contributed by atoms with Crippen LogP contribution in [0.25, 0.3) is 0 Å². The predicted molar refractivity (Wildman–Crippen MR) is 107 cm³/mol. The molecule has 1 saturated heterocycles. The Kier molecular flexibility index (Phi) is 6.84. The van der Waals surface area contributed by atoms with Crippen molar-refractivity contribution in [1.29, 1.82) is 0 Å². The molecule has 0 radical (unpaired) electrons. The Morgan fingerprint density at radius 3 is 2.55 bits per heavy atom. The van der Waals surface area contributed by atoms with Crippen LogP contribution in [-0.2, 0) is 20.9 Å². The number of ether oxygens (including phenoxy) is 2. The molecule has 1 fully saturated rings. The normalized spacial score (nSPS) is 20.2. The minimum atomic E-state index is -1.21. The highest BCUT2D eigenvalue weighted by Gasteiger charge is 2.43. The third-order valence-corrected chi connectivity index (χ3v) is 4.24. The molecular weight excluding hydrogens is 376 g/mol. The number of hydrogen-bond acceptors (Lipinski definition) is 5. The average Bonchev–Trinajstić information content (AvgIpc) is 2.61. The van der Waals surface area contributed by atoms with E-state index in [4.69, 9.17) is 15.2 Å². The number of amides is 3. The molecule has 158 valence electrons. The number of nitrogens with one attached hydrogen (secondary N) is 1. The maximum absolute atomic E-state index is 12.9. The summed E-state index contributed by atoms with van der Waals surface area (Å²) in [5.74, 6) is -0.739. The van der Waals surface area contributed by atoms with Crippen LogP contribution < -0.4 is 11.1 Å². The lowest BCUT2D eigenvalue weighted by molar-refractivity contribution is -0.136. The summed E-state index contributed by atoms with van der Waals surface area (Å²) in [7, 11) is 0. The second-order valence-electron chi connectivity index (χ2n) is 8.03. The van der Waals surface area contributed by atoms with Crippen LogP contribution in [0.4, 0.5) is 9.59 Å². The summed E-state index contributed by atoms with van der Waals surface area (Å²) in [5, 5.41) is 2.61. The van der Waals surface area contributed by atoms with Gasteiger partial charge < -0.3 is 20.5 Å². The zero-order valence-corrected chi connectivity index (χ0v) is 17.2. The van der Waals surface area contributed by atoms with Gasteiger partial charge in [0.15, 0.2) is 0 Å². The number of nitrogens with two attached hydrogens (primary N) is 1. The first-order valence-corrected chi connectivity index (χ1v) is 9.38. The van der Waals surface area contributed by atoms with E-state index in [9.17, 15) is 14.4 Å². The van der Waals surface area contributed by atoms with Crippen molar-refractivity contribution in [2.45, 2.75) is 58.3 Å². The van der Waals surface area contributed by atoms with Crippen LogP contribution >= 0.6 is 0 Å². The first-order chi connectivity index (χ1) is 13.5. The van der Waals surface area contributed by atoms with Gasteiger partial charge in [-0.2, -0.15) is 0 Å². The molecule has 1 heterocycles. The highest BCUT2D eigenvalue weighted by Crippen LogP contribution is 2.23. The van der Waals surface area contributed by atoms with Crippen molar-refractivity contribution < 1.29 is 23.9 Å². The zero-order chi connectivity index (χ0) is 21.7. The Labute approximate surface area is 170 Å². The molecule has 1 unspecified atom stereocenters. The molecule has 1 atom stereocenters. The van der Waals surface area contributed by atoms with Crippen molar-refractivity contribution in [2.75, 3.05) is 6.54 Å². The van der Waals surface area contributed by atoms with E-state index in [-0.39, 0.29) is 19.1 Å². The van der Waals surface area contributed by atoms with Gasteiger partial charge in [0.25, 0.3) is 5.91 Å². The Morgan fingerprint density at radius 1 is 1.28 bits per heavy atom. The number of hydrogen-bond donors (Lipinski definition) is 2. The van der Waals surface area contributed by atoms with E-state index >= 15 is 0 Å². The SMILES string of the molecule is CC(C)(C)OC(=O)NC1(C)CCCN(/C(N)=N/C(=O)OCc2ccccc2)C1=O. The van der Waals surface area contributed by atoms with Crippen LogP contribution in [0, 0.1) is 0 Å². The number of guanidine groups is 1. The van der Waals surface area contributed by atoms with Crippen LogP contribution in [0.3, 0.4) is 0 Å². The lowest BCUT2D eigenvalue weighted by Gasteiger charge is -2.39. The molecule has 3 amide bonds. The number of piperidine rings is 1. The Hall–Kier alpha value is -3.10. The van der Waals surface area contributed by atoms with E-state index in [1.54, 1.807) is 27.7 Å². The van der Waals surface area contributed by atoms with E-state index in [1.807, 2.05) is 30.3 Å². The summed E-state index contributed by atoms with van der Waals surface area (Å²) in [5.41, 5.74) is 4.77. The number of rotatable bonds is 3. The van der Waals surface area contributed by atoms with Gasteiger partial charge in [0.05, 0.1) is 0 Å². The van der Waals surface area contributed by atoms with Crippen LogP contribution in [0.2, 0.25) is 0 Å². The third kappa shape index (κ3) is 6.48. The van der Waals surface area contributed by atoms with Crippen molar-refractivity contribution in [2.24, 2.45) is 10.7 Å². The molecular formula is C20H28N4O5. The van der Waals surface area contributed by atoms with Crippen molar-refractivity contribution in [3.05, 3.63) is 35.9 Å². The van der Waals surface area contributed by atoms with Gasteiger partial charge in [0.2, 0.25) is 5.96 Å². The molecule has 9 nitrogen and oxygen atoms in total. The van der Waals surface area contributed by atoms with Gasteiger partial charge in [-0.1, -0.05) is 30.3 Å². The minimum Gasteiger partial charge on any atom is -0.444 e. The molecule has 0 aromatic heterocycles. The van der Waals surface area contributed by atoms with Gasteiger partial charge in [-0.25, -0.2) is 9.59 Å². The van der Waals surface area contributed by atoms with Crippen molar-refractivity contribution >= 4 is 24.1 Å². The van der Waals surface area contributed by atoms with Crippen molar-refractivity contribution in [3.8, 4) is 0 Å². The van der Waals surface area contributed by atoms with Gasteiger partial charge in [-0.15, -0.1) is 4.99 Å². The van der Waals surface area contributed by atoms with Crippen LogP contribution in [0.1, 0.15) is 46.1 Å². The fourth-order valence-corrected chi connectivity index (χ4v) is 2.87. The minimum absolute atomic E-state index is 0.0440. The topological polar surface area (TPSA) is 123 Å². The molecule has 0 saturated carbocycles. The van der Waals surface area contributed by atoms with Gasteiger partial charge in [-0.05, 0) is 46.1 Å². The second-order valence-corrected chi connectivity index (χ2v) is 8.03. The van der Waals surface area contributed by atoms with Gasteiger partial charge in [-0.3, -0.25) is 9.69 Å². The average molecular weight is 404 g/mol. The molecule has 1 aliphatic heterocycles. The van der Waals surface area contributed by atoms with Crippen LogP contribution in [0.5, 0.6) is 0 Å². The molecule has 0 aliphatic carbocycles. The first-order valence-electron chi connectivity index (χ1n) is 9.38. The van der Waals surface area contributed by atoms with Crippen molar-refractivity contribution in [3.63, 3.8) is 0 Å². The monoisotopic (exact) mass is 404 g/mol. The summed E-state index contributed by atoms with van der Waals surface area (Å²) in [6, 6.07) is 9.12. The van der Waals surface area contributed by atoms with Crippen molar-refractivity contribution in [1.82, 2.24) is 10.2 Å². The smallest absolute Gasteiger partial charge is 0.437 e. The van der Waals surface area contributed by atoms with E-state index in [0.717, 1.165) is 5.56 Å². The van der Waals surface area contributed by atoms with E-state index in [2.05, 4.69) is 10.3 Å². The summed E-state index contributed by atoms with van der Waals surface area (Å²) in [4.78, 5) is 41.8. The van der Waals surface area contributed by atoms with E-state index in [0.29, 0.717) is 12.8 Å². The summed E-state index contributed by atoms with van der Waals surface area (Å²) < 4.78 is 10.3. The molecule has 1 aromatic rings. The number of aliphatic imine (C=N–C) groups is 1. The molecule has 3 N–H and O–H groups in total. The molecule has 0 bridgehead atoms. The summed E-state index contributed by atoms with van der Waals surface area (Å²) in [6.07, 6.45) is -0.625. The maximum atomic E-state index is 12.9. The van der Waals surface area contributed by atoms with E-state index in [1.165, 1.54) is 4.90 Å². The van der Waals surface area contributed by atoms with Gasteiger partial charge in [0.1, 0.15) is 17.7 Å². The lowest BCUT2D eigenvalue weighted by Crippen LogP contribution is -2.63. The number of carbonyl (C=O) groups excluding carboxylic acids is 3. The van der Waals surface area contributed by atoms with Gasteiger partial charge >= 0.3 is 12.2 Å². The maximum Gasteiger partial charge on any atom is 0.437 e. The quantitative estimate of drug-likeness (QED) is 0.589. The zero-order valence-electron chi connectivity index (χ0n) is 17.2. The summed E-state index contributed by atoms with van der Waals surface area (Å²) >= 11 is 0. The third-order valence-electron chi connectivity index (χ3n) is 4.24. The Bertz CT molecular complexity index is 788. The molecule has 29 heavy (non-hydrogen) atoms. The molecule has 1 aliphatic rings. The highest BCUT2D eigenvalue weighted by atomic mass is 16.6. The second kappa shape index (κ2) is 8.93. The fraction of sp³-hybridized carbons (Fsp3) is 0.500.